The quantitative estimate of drug-likeness (QED) is 0.610. The molecule has 1 unspecified atom stereocenters. The van der Waals surface area contributed by atoms with Gasteiger partial charge in [-0.1, -0.05) is 13.0 Å². The van der Waals surface area contributed by atoms with Crippen LogP contribution in [0.15, 0.2) is 42.9 Å². The summed E-state index contributed by atoms with van der Waals surface area (Å²) < 4.78 is 38.6. The molecule has 1 fully saturated rings. The van der Waals surface area contributed by atoms with Crippen molar-refractivity contribution in [2.45, 2.75) is 25.8 Å². The van der Waals surface area contributed by atoms with Gasteiger partial charge in [0, 0.05) is 36.0 Å². The Morgan fingerprint density at radius 3 is 2.55 bits per heavy atom. The molecule has 2 N–H and O–H groups in total. The van der Waals surface area contributed by atoms with E-state index >= 15 is 4.39 Å². The van der Waals surface area contributed by atoms with Gasteiger partial charge in [-0.05, 0) is 37.1 Å². The fourth-order valence-corrected chi connectivity index (χ4v) is 5.81. The molecular formula is C23H24FN5O3S. The van der Waals surface area contributed by atoms with Gasteiger partial charge in [-0.3, -0.25) is 4.79 Å². The van der Waals surface area contributed by atoms with Gasteiger partial charge in [0.15, 0.2) is 9.84 Å². The molecule has 1 aliphatic rings. The third-order valence-electron chi connectivity index (χ3n) is 5.89. The van der Waals surface area contributed by atoms with Crippen LogP contribution in [0.5, 0.6) is 0 Å². The molecule has 1 aromatic carbocycles. The molecule has 0 spiro atoms. The summed E-state index contributed by atoms with van der Waals surface area (Å²) in [6, 6.07) is 7.33. The van der Waals surface area contributed by atoms with Gasteiger partial charge >= 0.3 is 0 Å². The van der Waals surface area contributed by atoms with E-state index in [1.807, 2.05) is 13.0 Å². The maximum atomic E-state index is 15.1. The van der Waals surface area contributed by atoms with Crippen molar-refractivity contribution < 1.29 is 17.6 Å². The van der Waals surface area contributed by atoms with E-state index in [2.05, 4.69) is 15.0 Å². The monoisotopic (exact) mass is 469 g/mol. The van der Waals surface area contributed by atoms with Gasteiger partial charge in [-0.2, -0.15) is 0 Å². The molecule has 0 aliphatic carbocycles. The van der Waals surface area contributed by atoms with Crippen molar-refractivity contribution in [3.63, 3.8) is 0 Å². The average molecular weight is 470 g/mol. The van der Waals surface area contributed by atoms with Crippen molar-refractivity contribution in [1.29, 1.82) is 0 Å². The van der Waals surface area contributed by atoms with E-state index < -0.39 is 27.6 Å². The number of halogens is 1. The summed E-state index contributed by atoms with van der Waals surface area (Å²) in [5.74, 6) is -0.950. The van der Waals surface area contributed by atoms with Crippen LogP contribution in [0.3, 0.4) is 0 Å². The molecule has 3 aromatic rings. The Hall–Kier alpha value is -3.40. The van der Waals surface area contributed by atoms with Crippen molar-refractivity contribution in [1.82, 2.24) is 19.9 Å². The smallest absolute Gasteiger partial charge is 0.256 e. The lowest BCUT2D eigenvalue weighted by Crippen LogP contribution is -2.38. The third kappa shape index (κ3) is 4.56. The minimum atomic E-state index is -3.16. The number of amides is 1. The number of nitrogen functional groups attached to an aromatic ring is 1. The number of nitrogens with zero attached hydrogens (tertiary/aromatic N) is 4. The lowest BCUT2D eigenvalue weighted by Gasteiger charge is -2.23. The molecule has 1 aliphatic heterocycles. The second kappa shape index (κ2) is 8.86. The Morgan fingerprint density at radius 1 is 1.18 bits per heavy atom. The van der Waals surface area contributed by atoms with Crippen molar-refractivity contribution in [3.8, 4) is 22.4 Å². The van der Waals surface area contributed by atoms with Crippen LogP contribution in [0, 0.1) is 5.82 Å². The molecule has 33 heavy (non-hydrogen) atoms. The molecule has 1 amide bonds. The standard InChI is InChI=1S/C23H24FN5O3S/c1-3-19-21(15-5-7-20(25)26-11-15)22(28-13-27-19)14-4-6-17(18(24)10-14)23(30)29(2)16-8-9-33(31,32)12-16/h4-7,10-11,13,16H,3,8-9,12H2,1-2H3,(H2,25,26). The predicted octanol–water partition coefficient (Wildman–Crippen LogP) is 2.75. The summed E-state index contributed by atoms with van der Waals surface area (Å²) in [6.07, 6.45) is 4.02. The van der Waals surface area contributed by atoms with E-state index in [-0.39, 0.29) is 17.1 Å². The Balaban J connectivity index is 1.70. The van der Waals surface area contributed by atoms with E-state index in [4.69, 9.17) is 5.73 Å². The largest absolute Gasteiger partial charge is 0.384 e. The first-order valence-electron chi connectivity index (χ1n) is 10.5. The SMILES string of the molecule is CCc1ncnc(-c2ccc(C(=O)N(C)C3CCS(=O)(=O)C3)c(F)c2)c1-c1ccc(N)nc1. The van der Waals surface area contributed by atoms with Crippen LogP contribution in [0.25, 0.3) is 22.4 Å². The average Bonchev–Trinajstić information content (AvgIpc) is 3.17. The second-order valence-electron chi connectivity index (χ2n) is 8.04. The van der Waals surface area contributed by atoms with Gasteiger partial charge in [-0.15, -0.1) is 0 Å². The minimum Gasteiger partial charge on any atom is -0.384 e. The number of hydrogen-bond acceptors (Lipinski definition) is 7. The molecule has 4 rings (SSSR count). The highest BCUT2D eigenvalue weighted by atomic mass is 32.2. The predicted molar refractivity (Wildman–Crippen MR) is 124 cm³/mol. The highest BCUT2D eigenvalue weighted by Crippen LogP contribution is 2.33. The molecule has 1 atom stereocenters. The topological polar surface area (TPSA) is 119 Å². The van der Waals surface area contributed by atoms with Crippen LogP contribution in [0.2, 0.25) is 0 Å². The second-order valence-corrected chi connectivity index (χ2v) is 10.3. The summed E-state index contributed by atoms with van der Waals surface area (Å²) in [4.78, 5) is 27.1. The molecule has 8 nitrogen and oxygen atoms in total. The Morgan fingerprint density at radius 2 is 1.94 bits per heavy atom. The van der Waals surface area contributed by atoms with Gasteiger partial charge in [0.2, 0.25) is 0 Å². The fourth-order valence-electron chi connectivity index (χ4n) is 4.04. The Labute approximate surface area is 191 Å². The first-order valence-corrected chi connectivity index (χ1v) is 12.4. The summed E-state index contributed by atoms with van der Waals surface area (Å²) in [7, 11) is -1.66. The Kier molecular flexibility index (Phi) is 6.11. The van der Waals surface area contributed by atoms with E-state index in [1.165, 1.54) is 30.4 Å². The number of carbonyl (C=O) groups is 1. The first-order chi connectivity index (χ1) is 15.7. The number of benzene rings is 1. The van der Waals surface area contributed by atoms with E-state index in [1.54, 1.807) is 18.3 Å². The van der Waals surface area contributed by atoms with Crippen molar-refractivity contribution in [2.75, 3.05) is 24.3 Å². The number of anilines is 1. The highest BCUT2D eigenvalue weighted by Gasteiger charge is 2.33. The van der Waals surface area contributed by atoms with Crippen LogP contribution in [-0.4, -0.2) is 58.8 Å². The van der Waals surface area contributed by atoms with Gasteiger partial charge < -0.3 is 10.6 Å². The molecule has 10 heteroatoms. The van der Waals surface area contributed by atoms with Crippen LogP contribution < -0.4 is 5.73 Å². The van der Waals surface area contributed by atoms with Gasteiger partial charge in [0.25, 0.3) is 5.91 Å². The molecule has 3 heterocycles. The molecule has 0 bridgehead atoms. The number of hydrogen-bond donors (Lipinski definition) is 1. The maximum absolute atomic E-state index is 15.1. The van der Waals surface area contributed by atoms with E-state index in [0.717, 1.165) is 16.8 Å². The first kappa shape index (κ1) is 22.8. The number of pyridine rings is 1. The van der Waals surface area contributed by atoms with Crippen LogP contribution in [0.1, 0.15) is 29.4 Å². The fraction of sp³-hybridized carbons (Fsp3) is 0.304. The van der Waals surface area contributed by atoms with E-state index in [9.17, 15) is 13.2 Å². The maximum Gasteiger partial charge on any atom is 0.256 e. The zero-order chi connectivity index (χ0) is 23.8. The number of aryl methyl sites for hydroxylation is 1. The lowest BCUT2D eigenvalue weighted by molar-refractivity contribution is 0.0743. The van der Waals surface area contributed by atoms with E-state index in [0.29, 0.717) is 29.9 Å². The zero-order valence-corrected chi connectivity index (χ0v) is 19.1. The summed E-state index contributed by atoms with van der Waals surface area (Å²) in [5.41, 5.74) is 8.84. The van der Waals surface area contributed by atoms with Gasteiger partial charge in [0.1, 0.15) is 18.0 Å². The number of sulfone groups is 1. The number of carbonyl (C=O) groups excluding carboxylic acids is 1. The number of aromatic nitrogens is 3. The van der Waals surface area contributed by atoms with Crippen LogP contribution in [-0.2, 0) is 16.3 Å². The molecule has 0 radical (unpaired) electrons. The van der Waals surface area contributed by atoms with Crippen molar-refractivity contribution in [2.24, 2.45) is 0 Å². The summed E-state index contributed by atoms with van der Waals surface area (Å²) >= 11 is 0. The van der Waals surface area contributed by atoms with Gasteiger partial charge in [-0.25, -0.2) is 27.8 Å². The third-order valence-corrected chi connectivity index (χ3v) is 7.64. The van der Waals surface area contributed by atoms with Gasteiger partial charge in [0.05, 0.1) is 28.5 Å². The molecule has 172 valence electrons. The summed E-state index contributed by atoms with van der Waals surface area (Å²) in [5, 5.41) is 0. The van der Waals surface area contributed by atoms with Crippen molar-refractivity contribution >= 4 is 21.6 Å². The zero-order valence-electron chi connectivity index (χ0n) is 18.3. The van der Waals surface area contributed by atoms with Crippen LogP contribution >= 0.6 is 0 Å². The molecule has 2 aromatic heterocycles. The number of rotatable bonds is 5. The normalized spacial score (nSPS) is 17.1. The Bertz CT molecular complexity index is 1310. The number of nitrogens with two attached hydrogens (primary N) is 1. The molecular weight excluding hydrogens is 445 g/mol. The van der Waals surface area contributed by atoms with Crippen molar-refractivity contribution in [3.05, 3.63) is 59.9 Å². The highest BCUT2D eigenvalue weighted by molar-refractivity contribution is 7.91. The molecule has 0 saturated carbocycles. The lowest BCUT2D eigenvalue weighted by atomic mass is 9.96. The summed E-state index contributed by atoms with van der Waals surface area (Å²) in [6.45, 7) is 1.96. The minimum absolute atomic E-state index is 0.0347. The van der Waals surface area contributed by atoms with Crippen LogP contribution in [0.4, 0.5) is 10.2 Å². The molecule has 1 saturated heterocycles.